The van der Waals surface area contributed by atoms with E-state index >= 15 is 0 Å². The monoisotopic (exact) mass is 409 g/mol. The van der Waals surface area contributed by atoms with Crippen LogP contribution in [0.1, 0.15) is 82.7 Å². The van der Waals surface area contributed by atoms with Crippen molar-refractivity contribution in [2.75, 3.05) is 6.61 Å². The second kappa shape index (κ2) is 8.99. The number of thioether (sulfide) groups is 1. The molecular weight excluding hydrogens is 378 g/mol. The molecule has 6 nitrogen and oxygen atoms in total. The average molecular weight is 410 g/mol. The molecule has 2 saturated carbocycles. The van der Waals surface area contributed by atoms with Crippen molar-refractivity contribution in [3.8, 4) is 5.88 Å². The van der Waals surface area contributed by atoms with E-state index in [9.17, 15) is 14.7 Å². The molecule has 0 saturated heterocycles. The zero-order valence-electron chi connectivity index (χ0n) is 17.0. The molecular formula is C21H31NO5S. The van der Waals surface area contributed by atoms with Gasteiger partial charge in [0.05, 0.1) is 11.5 Å². The SMILES string of the molecule is CC(=O)C(C)(C)COc1noc(C(=O)CC2CCC(O)CC2)c1SC1CCC1. The maximum Gasteiger partial charge on any atom is 0.268 e. The fourth-order valence-corrected chi connectivity index (χ4v) is 4.71. The van der Waals surface area contributed by atoms with Gasteiger partial charge in [0.2, 0.25) is 11.5 Å². The molecule has 0 amide bonds. The Kier molecular flexibility index (Phi) is 6.86. The summed E-state index contributed by atoms with van der Waals surface area (Å²) >= 11 is 1.61. The van der Waals surface area contributed by atoms with Gasteiger partial charge in [-0.1, -0.05) is 6.42 Å². The zero-order chi connectivity index (χ0) is 20.3. The van der Waals surface area contributed by atoms with Crippen LogP contribution in [0.2, 0.25) is 0 Å². The second-order valence-electron chi connectivity index (χ2n) is 8.85. The molecule has 1 aromatic heterocycles. The van der Waals surface area contributed by atoms with E-state index in [4.69, 9.17) is 9.26 Å². The number of aliphatic hydroxyl groups excluding tert-OH is 1. The lowest BCUT2D eigenvalue weighted by molar-refractivity contribution is -0.126. The van der Waals surface area contributed by atoms with Crippen molar-refractivity contribution in [2.24, 2.45) is 11.3 Å². The Morgan fingerprint density at radius 3 is 2.46 bits per heavy atom. The van der Waals surface area contributed by atoms with Crippen LogP contribution in [0.5, 0.6) is 5.88 Å². The number of hydrogen-bond acceptors (Lipinski definition) is 7. The average Bonchev–Trinajstić information content (AvgIpc) is 3.01. The number of carbonyl (C=O) groups is 2. The lowest BCUT2D eigenvalue weighted by Crippen LogP contribution is -2.29. The summed E-state index contributed by atoms with van der Waals surface area (Å²) in [5.41, 5.74) is -0.621. The third-order valence-electron chi connectivity index (χ3n) is 6.02. The van der Waals surface area contributed by atoms with Crippen LogP contribution in [-0.2, 0) is 4.79 Å². The molecule has 156 valence electrons. The topological polar surface area (TPSA) is 89.6 Å². The summed E-state index contributed by atoms with van der Waals surface area (Å²) in [4.78, 5) is 25.4. The Labute approximate surface area is 170 Å². The van der Waals surface area contributed by atoms with Crippen LogP contribution in [0.15, 0.2) is 9.42 Å². The fourth-order valence-electron chi connectivity index (χ4n) is 3.35. The van der Waals surface area contributed by atoms with E-state index in [0.717, 1.165) is 38.5 Å². The number of hydrogen-bond donors (Lipinski definition) is 1. The molecule has 0 atom stereocenters. The van der Waals surface area contributed by atoms with Gasteiger partial charge in [0.25, 0.3) is 5.88 Å². The van der Waals surface area contributed by atoms with E-state index in [2.05, 4.69) is 5.16 Å². The molecule has 0 aromatic carbocycles. The number of Topliss-reactive ketones (excluding diaryl/α,β-unsaturated/α-hetero) is 2. The Bertz CT molecular complexity index is 702. The first-order valence-electron chi connectivity index (χ1n) is 10.3. The summed E-state index contributed by atoms with van der Waals surface area (Å²) in [5.74, 6) is 0.896. The fraction of sp³-hybridized carbons (Fsp3) is 0.762. The molecule has 2 aliphatic rings. The molecule has 2 aliphatic carbocycles. The first kappa shape index (κ1) is 21.4. The third kappa shape index (κ3) is 5.17. The van der Waals surface area contributed by atoms with Crippen molar-refractivity contribution in [1.82, 2.24) is 5.16 Å². The number of carbonyl (C=O) groups excluding carboxylic acids is 2. The number of ether oxygens (including phenoxy) is 1. The van der Waals surface area contributed by atoms with Gasteiger partial charge in [0.15, 0.2) is 0 Å². The van der Waals surface area contributed by atoms with Gasteiger partial charge >= 0.3 is 0 Å². The maximum absolute atomic E-state index is 12.9. The van der Waals surface area contributed by atoms with Gasteiger partial charge < -0.3 is 14.4 Å². The lowest BCUT2D eigenvalue weighted by Gasteiger charge is -2.26. The van der Waals surface area contributed by atoms with Gasteiger partial charge in [-0.2, -0.15) is 0 Å². The van der Waals surface area contributed by atoms with E-state index < -0.39 is 5.41 Å². The maximum atomic E-state index is 12.9. The summed E-state index contributed by atoms with van der Waals surface area (Å²) in [5, 5.41) is 14.1. The van der Waals surface area contributed by atoms with E-state index in [1.807, 2.05) is 13.8 Å². The molecule has 1 heterocycles. The van der Waals surface area contributed by atoms with Crippen molar-refractivity contribution < 1.29 is 24.0 Å². The standard InChI is InChI=1S/C21H31NO5S/c1-13(23)21(2,3)12-26-20-19(28-16-5-4-6-16)18(27-22-20)17(25)11-14-7-9-15(24)10-8-14/h14-16,24H,4-12H2,1-3H3. The lowest BCUT2D eigenvalue weighted by atomic mass is 9.84. The van der Waals surface area contributed by atoms with Crippen LogP contribution in [0.3, 0.4) is 0 Å². The largest absolute Gasteiger partial charge is 0.474 e. The first-order chi connectivity index (χ1) is 13.3. The highest BCUT2D eigenvalue weighted by molar-refractivity contribution is 8.00. The van der Waals surface area contributed by atoms with Crippen LogP contribution in [0, 0.1) is 11.3 Å². The van der Waals surface area contributed by atoms with Crippen LogP contribution >= 0.6 is 11.8 Å². The molecule has 0 bridgehead atoms. The van der Waals surface area contributed by atoms with Gasteiger partial charge in [-0.25, -0.2) is 0 Å². The summed E-state index contributed by atoms with van der Waals surface area (Å²) in [6.45, 7) is 5.41. The Balaban J connectivity index is 1.71. The molecule has 0 aliphatic heterocycles. The zero-order valence-corrected chi connectivity index (χ0v) is 17.8. The molecule has 0 unspecified atom stereocenters. The van der Waals surface area contributed by atoms with Crippen LogP contribution < -0.4 is 4.74 Å². The van der Waals surface area contributed by atoms with Crippen molar-refractivity contribution in [1.29, 1.82) is 0 Å². The molecule has 0 spiro atoms. The smallest absolute Gasteiger partial charge is 0.268 e. The van der Waals surface area contributed by atoms with Gasteiger partial charge in [-0.15, -0.1) is 11.8 Å². The number of ketones is 2. The van der Waals surface area contributed by atoms with Crippen LogP contribution in [0.4, 0.5) is 0 Å². The molecule has 7 heteroatoms. The van der Waals surface area contributed by atoms with E-state index in [1.165, 1.54) is 6.42 Å². The number of aromatic nitrogens is 1. The minimum absolute atomic E-state index is 0.0416. The van der Waals surface area contributed by atoms with E-state index in [-0.39, 0.29) is 30.2 Å². The van der Waals surface area contributed by atoms with E-state index in [0.29, 0.717) is 28.2 Å². The van der Waals surface area contributed by atoms with Crippen molar-refractivity contribution >= 4 is 23.3 Å². The second-order valence-corrected chi connectivity index (χ2v) is 10.2. The highest BCUT2D eigenvalue weighted by Gasteiger charge is 2.32. The Hall–Kier alpha value is -1.34. The van der Waals surface area contributed by atoms with Crippen molar-refractivity contribution in [3.05, 3.63) is 5.76 Å². The van der Waals surface area contributed by atoms with Gasteiger partial charge in [0.1, 0.15) is 17.3 Å². The molecule has 28 heavy (non-hydrogen) atoms. The summed E-state index contributed by atoms with van der Waals surface area (Å²) in [6, 6.07) is 0. The predicted molar refractivity (Wildman–Crippen MR) is 107 cm³/mol. The highest BCUT2D eigenvalue weighted by atomic mass is 32.2. The van der Waals surface area contributed by atoms with Gasteiger partial charge in [-0.3, -0.25) is 9.59 Å². The Morgan fingerprint density at radius 2 is 1.89 bits per heavy atom. The minimum Gasteiger partial charge on any atom is -0.474 e. The molecule has 2 fully saturated rings. The first-order valence-corrected chi connectivity index (χ1v) is 11.2. The highest BCUT2D eigenvalue weighted by Crippen LogP contribution is 2.43. The minimum atomic E-state index is -0.621. The van der Waals surface area contributed by atoms with Crippen LogP contribution in [-0.4, -0.2) is 39.8 Å². The van der Waals surface area contributed by atoms with Gasteiger partial charge in [-0.05, 0) is 70.4 Å². The third-order valence-corrected chi connectivity index (χ3v) is 7.42. The number of nitrogens with zero attached hydrogens (tertiary/aromatic N) is 1. The Morgan fingerprint density at radius 1 is 1.21 bits per heavy atom. The summed E-state index contributed by atoms with van der Waals surface area (Å²) in [7, 11) is 0. The van der Waals surface area contributed by atoms with E-state index in [1.54, 1.807) is 18.7 Å². The van der Waals surface area contributed by atoms with Crippen molar-refractivity contribution in [3.63, 3.8) is 0 Å². The molecule has 1 N–H and O–H groups in total. The summed E-state index contributed by atoms with van der Waals surface area (Å²) < 4.78 is 11.3. The quantitative estimate of drug-likeness (QED) is 0.603. The molecule has 1 aromatic rings. The van der Waals surface area contributed by atoms with Gasteiger partial charge in [0, 0.05) is 11.7 Å². The molecule has 3 rings (SSSR count). The van der Waals surface area contributed by atoms with Crippen molar-refractivity contribution in [2.45, 2.75) is 88.4 Å². The number of aliphatic hydroxyl groups is 1. The predicted octanol–water partition coefficient (Wildman–Crippen LogP) is 4.44. The molecule has 0 radical (unpaired) electrons. The number of rotatable bonds is 9. The summed E-state index contributed by atoms with van der Waals surface area (Å²) in [6.07, 6.45) is 6.85. The normalized spacial score (nSPS) is 23.3. The van der Waals surface area contributed by atoms with Crippen LogP contribution in [0.25, 0.3) is 0 Å².